The number of non-ortho nitro benzene ring substituents is 1. The fourth-order valence-electron chi connectivity index (χ4n) is 1.97. The van der Waals surface area contributed by atoms with E-state index in [4.69, 9.17) is 4.74 Å². The average Bonchev–Trinajstić information content (AvgIpc) is 2.53. The Balaban J connectivity index is 2.33. The van der Waals surface area contributed by atoms with Crippen LogP contribution in [0, 0.1) is 21.4 Å². The summed E-state index contributed by atoms with van der Waals surface area (Å²) in [5.41, 5.74) is 1.90. The second-order valence-electron chi connectivity index (χ2n) is 4.48. The first-order chi connectivity index (χ1) is 10.6. The third-order valence-corrected chi connectivity index (χ3v) is 2.99. The fourth-order valence-corrected chi connectivity index (χ4v) is 1.97. The van der Waals surface area contributed by atoms with Gasteiger partial charge in [-0.3, -0.25) is 10.1 Å². The molecule has 0 aliphatic rings. The van der Waals surface area contributed by atoms with Gasteiger partial charge in [0.1, 0.15) is 5.75 Å². The standard InChI is InChI=1S/C17H14N2O3/c1-2-22-17-5-3-4-13(11-17)10-15(12-18)14-6-8-16(9-7-14)19(20)21/h3-11H,2H2,1H3. The number of nitriles is 1. The van der Waals surface area contributed by atoms with Crippen molar-refractivity contribution >= 4 is 17.3 Å². The van der Waals surface area contributed by atoms with Gasteiger partial charge < -0.3 is 4.74 Å². The SMILES string of the molecule is CCOc1cccc(C=C(C#N)c2ccc([N+](=O)[O-])cc2)c1. The van der Waals surface area contributed by atoms with E-state index in [1.165, 1.54) is 12.1 Å². The third-order valence-electron chi connectivity index (χ3n) is 2.99. The maximum absolute atomic E-state index is 10.7. The molecule has 2 aromatic rings. The van der Waals surface area contributed by atoms with E-state index in [-0.39, 0.29) is 5.69 Å². The molecule has 22 heavy (non-hydrogen) atoms. The summed E-state index contributed by atoms with van der Waals surface area (Å²) in [5.74, 6) is 0.734. The van der Waals surface area contributed by atoms with Crippen molar-refractivity contribution in [1.82, 2.24) is 0 Å². The second-order valence-corrected chi connectivity index (χ2v) is 4.48. The molecule has 0 atom stereocenters. The molecular formula is C17H14N2O3. The zero-order valence-corrected chi connectivity index (χ0v) is 12.0. The topological polar surface area (TPSA) is 76.2 Å². The molecule has 0 bridgehead atoms. The van der Waals surface area contributed by atoms with Gasteiger partial charge in [-0.1, -0.05) is 12.1 Å². The number of hydrogen-bond donors (Lipinski definition) is 0. The van der Waals surface area contributed by atoms with Crippen molar-refractivity contribution in [2.24, 2.45) is 0 Å². The number of allylic oxidation sites excluding steroid dienone is 1. The van der Waals surface area contributed by atoms with E-state index in [0.29, 0.717) is 17.7 Å². The predicted octanol–water partition coefficient (Wildman–Crippen LogP) is 4.06. The van der Waals surface area contributed by atoms with Gasteiger partial charge in [0.25, 0.3) is 5.69 Å². The molecule has 5 nitrogen and oxygen atoms in total. The van der Waals surface area contributed by atoms with Crippen LogP contribution in [0.4, 0.5) is 5.69 Å². The average molecular weight is 294 g/mol. The van der Waals surface area contributed by atoms with Gasteiger partial charge in [0, 0.05) is 12.1 Å². The largest absolute Gasteiger partial charge is 0.494 e. The molecule has 0 saturated carbocycles. The smallest absolute Gasteiger partial charge is 0.269 e. The third kappa shape index (κ3) is 3.70. The van der Waals surface area contributed by atoms with Crippen LogP contribution in [0.1, 0.15) is 18.1 Å². The molecule has 2 rings (SSSR count). The van der Waals surface area contributed by atoms with E-state index in [1.54, 1.807) is 18.2 Å². The lowest BCUT2D eigenvalue weighted by atomic mass is 10.0. The number of benzene rings is 2. The Morgan fingerprint density at radius 1 is 1.32 bits per heavy atom. The maximum atomic E-state index is 10.7. The summed E-state index contributed by atoms with van der Waals surface area (Å²) >= 11 is 0. The van der Waals surface area contributed by atoms with Gasteiger partial charge in [-0.15, -0.1) is 0 Å². The first-order valence-corrected chi connectivity index (χ1v) is 6.73. The quantitative estimate of drug-likeness (QED) is 0.360. The van der Waals surface area contributed by atoms with Crippen LogP contribution in [-0.4, -0.2) is 11.5 Å². The van der Waals surface area contributed by atoms with Gasteiger partial charge in [0.05, 0.1) is 23.2 Å². The van der Waals surface area contributed by atoms with Gasteiger partial charge in [0.2, 0.25) is 0 Å². The highest BCUT2D eigenvalue weighted by atomic mass is 16.6. The molecule has 0 unspecified atom stereocenters. The molecule has 0 aliphatic carbocycles. The normalized spacial score (nSPS) is 10.8. The molecule has 0 fully saturated rings. The summed E-state index contributed by atoms with van der Waals surface area (Å²) < 4.78 is 5.42. The van der Waals surface area contributed by atoms with Gasteiger partial charge in [-0.05, 0) is 48.4 Å². The van der Waals surface area contributed by atoms with Crippen LogP contribution in [0.3, 0.4) is 0 Å². The molecule has 5 heteroatoms. The number of nitro groups is 1. The van der Waals surface area contributed by atoms with Crippen LogP contribution >= 0.6 is 0 Å². The van der Waals surface area contributed by atoms with Crippen LogP contribution in [0.2, 0.25) is 0 Å². The fraction of sp³-hybridized carbons (Fsp3) is 0.118. The Labute approximate surface area is 128 Å². The van der Waals surface area contributed by atoms with E-state index >= 15 is 0 Å². The molecule has 0 heterocycles. The van der Waals surface area contributed by atoms with Crippen LogP contribution < -0.4 is 4.74 Å². The van der Waals surface area contributed by atoms with Gasteiger partial charge in [-0.25, -0.2) is 0 Å². The minimum Gasteiger partial charge on any atom is -0.494 e. The zero-order valence-electron chi connectivity index (χ0n) is 12.0. The molecule has 0 aromatic heterocycles. The zero-order chi connectivity index (χ0) is 15.9. The first kappa shape index (κ1) is 15.3. The van der Waals surface area contributed by atoms with Crippen molar-refractivity contribution in [2.45, 2.75) is 6.92 Å². The van der Waals surface area contributed by atoms with Crippen molar-refractivity contribution in [3.8, 4) is 11.8 Å². The molecule has 0 radical (unpaired) electrons. The molecule has 0 aliphatic heterocycles. The number of hydrogen-bond acceptors (Lipinski definition) is 4. The van der Waals surface area contributed by atoms with E-state index in [2.05, 4.69) is 6.07 Å². The van der Waals surface area contributed by atoms with E-state index in [1.807, 2.05) is 31.2 Å². The van der Waals surface area contributed by atoms with Crippen molar-refractivity contribution < 1.29 is 9.66 Å². The van der Waals surface area contributed by atoms with Crippen LogP contribution in [-0.2, 0) is 0 Å². The molecule has 0 spiro atoms. The maximum Gasteiger partial charge on any atom is 0.269 e. The monoisotopic (exact) mass is 294 g/mol. The summed E-state index contributed by atoms with van der Waals surface area (Å²) in [5, 5.41) is 20.0. The van der Waals surface area contributed by atoms with E-state index < -0.39 is 4.92 Å². The van der Waals surface area contributed by atoms with Gasteiger partial charge >= 0.3 is 0 Å². The highest BCUT2D eigenvalue weighted by Gasteiger charge is 2.07. The number of ether oxygens (including phenoxy) is 1. The van der Waals surface area contributed by atoms with Crippen molar-refractivity contribution in [1.29, 1.82) is 5.26 Å². The van der Waals surface area contributed by atoms with Gasteiger partial charge in [0.15, 0.2) is 0 Å². The predicted molar refractivity (Wildman–Crippen MR) is 84.2 cm³/mol. The second kappa shape index (κ2) is 7.04. The minimum absolute atomic E-state index is 0.000571. The summed E-state index contributed by atoms with van der Waals surface area (Å²) in [6.45, 7) is 2.47. The van der Waals surface area contributed by atoms with E-state index in [0.717, 1.165) is 11.3 Å². The number of nitro benzene ring substituents is 1. The number of nitrogens with zero attached hydrogens (tertiary/aromatic N) is 2. The Bertz CT molecular complexity index is 743. The van der Waals surface area contributed by atoms with E-state index in [9.17, 15) is 15.4 Å². The Kier molecular flexibility index (Phi) is 4.89. The first-order valence-electron chi connectivity index (χ1n) is 6.73. The summed E-state index contributed by atoms with van der Waals surface area (Å²) in [6, 6.07) is 15.4. The van der Waals surface area contributed by atoms with Crippen LogP contribution in [0.15, 0.2) is 48.5 Å². The lowest BCUT2D eigenvalue weighted by molar-refractivity contribution is -0.384. The lowest BCUT2D eigenvalue weighted by Crippen LogP contribution is -1.91. The van der Waals surface area contributed by atoms with Crippen molar-refractivity contribution in [3.63, 3.8) is 0 Å². The Morgan fingerprint density at radius 2 is 2.05 bits per heavy atom. The Morgan fingerprint density at radius 3 is 2.64 bits per heavy atom. The summed E-state index contributed by atoms with van der Waals surface area (Å²) in [4.78, 5) is 10.2. The minimum atomic E-state index is -0.467. The molecule has 2 aromatic carbocycles. The Hall–Kier alpha value is -3.13. The lowest BCUT2D eigenvalue weighted by Gasteiger charge is -2.04. The number of rotatable bonds is 5. The van der Waals surface area contributed by atoms with Crippen LogP contribution in [0.25, 0.3) is 11.6 Å². The van der Waals surface area contributed by atoms with Crippen molar-refractivity contribution in [3.05, 3.63) is 69.8 Å². The van der Waals surface area contributed by atoms with Crippen LogP contribution in [0.5, 0.6) is 5.75 Å². The van der Waals surface area contributed by atoms with Crippen molar-refractivity contribution in [2.75, 3.05) is 6.61 Å². The molecule has 0 N–H and O–H groups in total. The van der Waals surface area contributed by atoms with Gasteiger partial charge in [-0.2, -0.15) is 5.26 Å². The summed E-state index contributed by atoms with van der Waals surface area (Å²) in [6.07, 6.45) is 1.73. The summed E-state index contributed by atoms with van der Waals surface area (Å²) in [7, 11) is 0. The highest BCUT2D eigenvalue weighted by molar-refractivity contribution is 5.89. The highest BCUT2D eigenvalue weighted by Crippen LogP contribution is 2.22. The molecule has 110 valence electrons. The molecule has 0 saturated heterocycles. The molecular weight excluding hydrogens is 280 g/mol. The molecule has 0 amide bonds.